The number of nitrogens with two attached hydrogens (primary N) is 1. The number of nitrogens with one attached hydrogen (secondary N) is 1. The van der Waals surface area contributed by atoms with Gasteiger partial charge in [-0.15, -0.1) is 10.2 Å². The molecule has 3 aromatic rings. The first kappa shape index (κ1) is 19.5. The van der Waals surface area contributed by atoms with Gasteiger partial charge in [0, 0.05) is 5.56 Å². The van der Waals surface area contributed by atoms with E-state index in [0.29, 0.717) is 26.7 Å². The molecule has 0 aliphatic rings. The maximum Gasteiger partial charge on any atom is 0.237 e. The standard InChI is InChI=1S/C18H17Cl2N5OS/c1-10-6-8-12(9-7-10)16-23-24-18(25(16)21)27-11(2)17(26)22-14-5-3-4-13(19)15(14)20/h3-9,11H,21H2,1-2H3,(H,22,26). The highest BCUT2D eigenvalue weighted by Crippen LogP contribution is 2.31. The first-order valence-corrected chi connectivity index (χ1v) is 9.69. The van der Waals surface area contributed by atoms with E-state index < -0.39 is 5.25 Å². The fourth-order valence-corrected chi connectivity index (χ4v) is 3.42. The summed E-state index contributed by atoms with van der Waals surface area (Å²) in [4.78, 5) is 12.5. The number of aromatic nitrogens is 3. The third kappa shape index (κ3) is 4.37. The van der Waals surface area contributed by atoms with Gasteiger partial charge in [0.25, 0.3) is 0 Å². The van der Waals surface area contributed by atoms with Crippen molar-refractivity contribution in [2.45, 2.75) is 24.3 Å². The molecule has 0 saturated carbocycles. The van der Waals surface area contributed by atoms with Gasteiger partial charge < -0.3 is 11.2 Å². The fourth-order valence-electron chi connectivity index (χ4n) is 2.30. The van der Waals surface area contributed by atoms with E-state index in [0.717, 1.165) is 11.1 Å². The summed E-state index contributed by atoms with van der Waals surface area (Å²) >= 11 is 13.3. The number of nitrogen functional groups attached to an aromatic ring is 1. The number of halogens is 2. The number of aryl methyl sites for hydroxylation is 1. The molecule has 27 heavy (non-hydrogen) atoms. The molecule has 1 amide bonds. The van der Waals surface area contributed by atoms with Gasteiger partial charge in [-0.05, 0) is 26.0 Å². The monoisotopic (exact) mass is 421 g/mol. The lowest BCUT2D eigenvalue weighted by molar-refractivity contribution is -0.115. The van der Waals surface area contributed by atoms with E-state index in [-0.39, 0.29) is 5.91 Å². The Morgan fingerprint density at radius 1 is 1.19 bits per heavy atom. The lowest BCUT2D eigenvalue weighted by Crippen LogP contribution is -2.23. The topological polar surface area (TPSA) is 85.8 Å². The lowest BCUT2D eigenvalue weighted by Gasteiger charge is -2.13. The summed E-state index contributed by atoms with van der Waals surface area (Å²) in [6.07, 6.45) is 0. The average Bonchev–Trinajstić information content (AvgIpc) is 3.00. The van der Waals surface area contributed by atoms with Crippen molar-refractivity contribution in [3.63, 3.8) is 0 Å². The minimum Gasteiger partial charge on any atom is -0.335 e. The summed E-state index contributed by atoms with van der Waals surface area (Å²) in [5.74, 6) is 6.40. The normalized spacial score (nSPS) is 12.0. The molecule has 2 aromatic carbocycles. The number of carbonyl (C=O) groups is 1. The predicted octanol–water partition coefficient (Wildman–Crippen LogP) is 4.39. The van der Waals surface area contributed by atoms with E-state index in [1.54, 1.807) is 25.1 Å². The summed E-state index contributed by atoms with van der Waals surface area (Å²) < 4.78 is 1.38. The molecule has 0 fully saturated rings. The zero-order valence-corrected chi connectivity index (χ0v) is 16.9. The Morgan fingerprint density at radius 3 is 2.59 bits per heavy atom. The molecule has 0 aliphatic heterocycles. The molecule has 9 heteroatoms. The van der Waals surface area contributed by atoms with Crippen LogP contribution >= 0.6 is 35.0 Å². The molecule has 1 aromatic heterocycles. The van der Waals surface area contributed by atoms with Gasteiger partial charge in [-0.25, -0.2) is 4.68 Å². The summed E-state index contributed by atoms with van der Waals surface area (Å²) in [5, 5.41) is 11.6. The van der Waals surface area contributed by atoms with Crippen molar-refractivity contribution in [3.05, 3.63) is 58.1 Å². The van der Waals surface area contributed by atoms with Crippen molar-refractivity contribution in [1.29, 1.82) is 0 Å². The highest BCUT2D eigenvalue weighted by atomic mass is 35.5. The molecule has 0 radical (unpaired) electrons. The third-order valence-corrected chi connectivity index (χ3v) is 5.71. The summed E-state index contributed by atoms with van der Waals surface area (Å²) in [6.45, 7) is 3.75. The zero-order valence-electron chi connectivity index (χ0n) is 14.6. The van der Waals surface area contributed by atoms with Crippen molar-refractivity contribution in [2.75, 3.05) is 11.2 Å². The Balaban J connectivity index is 1.72. The molecule has 3 rings (SSSR count). The Kier molecular flexibility index (Phi) is 5.94. The number of carbonyl (C=O) groups excluding carboxylic acids is 1. The second-order valence-electron chi connectivity index (χ2n) is 5.89. The van der Waals surface area contributed by atoms with E-state index in [2.05, 4.69) is 15.5 Å². The highest BCUT2D eigenvalue weighted by molar-refractivity contribution is 8.00. The van der Waals surface area contributed by atoms with E-state index >= 15 is 0 Å². The number of thioether (sulfide) groups is 1. The molecule has 140 valence electrons. The molecule has 1 heterocycles. The first-order valence-electron chi connectivity index (χ1n) is 8.06. The summed E-state index contributed by atoms with van der Waals surface area (Å²) in [6, 6.07) is 12.9. The van der Waals surface area contributed by atoms with Crippen LogP contribution in [0.3, 0.4) is 0 Å². The van der Waals surface area contributed by atoms with Crippen LogP contribution in [0.5, 0.6) is 0 Å². The van der Waals surface area contributed by atoms with Crippen molar-refractivity contribution < 1.29 is 4.79 Å². The molecule has 3 N–H and O–H groups in total. The number of benzene rings is 2. The highest BCUT2D eigenvalue weighted by Gasteiger charge is 2.21. The molecule has 1 unspecified atom stereocenters. The second kappa shape index (κ2) is 8.21. The first-order chi connectivity index (χ1) is 12.9. The van der Waals surface area contributed by atoms with Gasteiger partial charge in [0.05, 0.1) is 21.0 Å². The summed E-state index contributed by atoms with van der Waals surface area (Å²) in [5.41, 5.74) is 2.45. The predicted molar refractivity (Wildman–Crippen MR) is 111 cm³/mol. The quantitative estimate of drug-likeness (QED) is 0.471. The van der Waals surface area contributed by atoms with Gasteiger partial charge in [-0.1, -0.05) is 70.9 Å². The van der Waals surface area contributed by atoms with Crippen LogP contribution in [-0.2, 0) is 4.79 Å². The molecule has 1 atom stereocenters. The maximum atomic E-state index is 12.5. The molecule has 0 saturated heterocycles. The van der Waals surface area contributed by atoms with E-state index in [9.17, 15) is 4.79 Å². The number of hydrogen-bond acceptors (Lipinski definition) is 5. The smallest absolute Gasteiger partial charge is 0.237 e. The molecule has 0 bridgehead atoms. The second-order valence-corrected chi connectivity index (χ2v) is 7.99. The molecule has 6 nitrogen and oxygen atoms in total. The minimum atomic E-state index is -0.475. The number of nitrogens with zero attached hydrogens (tertiary/aromatic N) is 3. The Labute approximate surface area is 171 Å². The maximum absolute atomic E-state index is 12.5. The Bertz CT molecular complexity index is 974. The zero-order chi connectivity index (χ0) is 19.6. The van der Waals surface area contributed by atoms with Crippen molar-refractivity contribution >= 4 is 46.6 Å². The van der Waals surface area contributed by atoms with Crippen molar-refractivity contribution in [3.8, 4) is 11.4 Å². The third-order valence-electron chi connectivity index (χ3n) is 3.84. The van der Waals surface area contributed by atoms with Crippen LogP contribution < -0.4 is 11.2 Å². The van der Waals surface area contributed by atoms with Crippen LogP contribution in [0.1, 0.15) is 12.5 Å². The Morgan fingerprint density at radius 2 is 1.89 bits per heavy atom. The number of anilines is 1. The molecule has 0 aliphatic carbocycles. The minimum absolute atomic E-state index is 0.246. The lowest BCUT2D eigenvalue weighted by atomic mass is 10.1. The van der Waals surface area contributed by atoms with Crippen LogP contribution in [-0.4, -0.2) is 26.0 Å². The summed E-state index contributed by atoms with van der Waals surface area (Å²) in [7, 11) is 0. The Hall–Kier alpha value is -2.22. The van der Waals surface area contributed by atoms with Gasteiger partial charge >= 0.3 is 0 Å². The van der Waals surface area contributed by atoms with Crippen LogP contribution in [0.25, 0.3) is 11.4 Å². The SMILES string of the molecule is Cc1ccc(-c2nnc(SC(C)C(=O)Nc3cccc(Cl)c3Cl)n2N)cc1. The fraction of sp³-hybridized carbons (Fsp3) is 0.167. The van der Waals surface area contributed by atoms with Gasteiger partial charge in [0.15, 0.2) is 5.82 Å². The van der Waals surface area contributed by atoms with Crippen LogP contribution in [0.2, 0.25) is 10.0 Å². The van der Waals surface area contributed by atoms with Crippen molar-refractivity contribution in [1.82, 2.24) is 14.9 Å². The molecular weight excluding hydrogens is 405 g/mol. The van der Waals surface area contributed by atoms with Crippen molar-refractivity contribution in [2.24, 2.45) is 0 Å². The van der Waals surface area contributed by atoms with Gasteiger partial charge in [-0.2, -0.15) is 0 Å². The van der Waals surface area contributed by atoms with Gasteiger partial charge in [0.1, 0.15) is 0 Å². The average molecular weight is 422 g/mol. The van der Waals surface area contributed by atoms with E-state index in [4.69, 9.17) is 29.0 Å². The van der Waals surface area contributed by atoms with E-state index in [1.807, 2.05) is 31.2 Å². The van der Waals surface area contributed by atoms with Gasteiger partial charge in [-0.3, -0.25) is 4.79 Å². The van der Waals surface area contributed by atoms with Crippen LogP contribution in [0.15, 0.2) is 47.6 Å². The van der Waals surface area contributed by atoms with Crippen LogP contribution in [0, 0.1) is 6.92 Å². The number of rotatable bonds is 5. The largest absolute Gasteiger partial charge is 0.335 e. The number of amides is 1. The van der Waals surface area contributed by atoms with Gasteiger partial charge in [0.2, 0.25) is 11.1 Å². The van der Waals surface area contributed by atoms with Crippen LogP contribution in [0.4, 0.5) is 5.69 Å². The number of hydrogen-bond donors (Lipinski definition) is 2. The molecule has 0 spiro atoms. The van der Waals surface area contributed by atoms with E-state index in [1.165, 1.54) is 16.4 Å². The molecular formula is C18H17Cl2N5OS.